The van der Waals surface area contributed by atoms with Crippen molar-refractivity contribution in [3.8, 4) is 0 Å². The molecule has 20 heavy (non-hydrogen) atoms. The van der Waals surface area contributed by atoms with Gasteiger partial charge in [-0.3, -0.25) is 0 Å². The molecule has 1 fully saturated rings. The third kappa shape index (κ3) is 3.32. The van der Waals surface area contributed by atoms with Crippen molar-refractivity contribution < 1.29 is 9.53 Å². The van der Waals surface area contributed by atoms with E-state index in [9.17, 15) is 4.79 Å². The maximum Gasteiger partial charge on any atom is 0.408 e. The third-order valence-corrected chi connectivity index (χ3v) is 3.54. The molecule has 1 amide bonds. The summed E-state index contributed by atoms with van der Waals surface area (Å²) < 4.78 is 7.50. The van der Waals surface area contributed by atoms with Crippen LogP contribution in [0.3, 0.4) is 0 Å². The fourth-order valence-corrected chi connectivity index (χ4v) is 2.37. The molecule has 2 atom stereocenters. The van der Waals surface area contributed by atoms with Crippen LogP contribution in [0.2, 0.25) is 0 Å². The zero-order chi connectivity index (χ0) is 15.1. The average Bonchev–Trinajstić information content (AvgIpc) is 2.77. The molecule has 5 nitrogen and oxygen atoms in total. The highest BCUT2D eigenvalue weighted by Gasteiger charge is 2.38. The summed E-state index contributed by atoms with van der Waals surface area (Å²) in [6.45, 7) is 11.7. The number of carbonyl (C=O) groups is 1. The van der Waals surface area contributed by atoms with Crippen molar-refractivity contribution in [1.82, 2.24) is 14.9 Å². The highest BCUT2D eigenvalue weighted by atomic mass is 16.6. The van der Waals surface area contributed by atoms with Crippen molar-refractivity contribution in [1.29, 1.82) is 0 Å². The predicted octanol–water partition coefficient (Wildman–Crippen LogP) is 3.22. The van der Waals surface area contributed by atoms with E-state index >= 15 is 0 Å². The summed E-state index contributed by atoms with van der Waals surface area (Å²) in [5.74, 6) is 0.681. The number of nitrogens with one attached hydrogen (secondary N) is 1. The molecule has 1 heterocycles. The minimum absolute atomic E-state index is 0.404. The Morgan fingerprint density at radius 1 is 1.40 bits per heavy atom. The first-order chi connectivity index (χ1) is 9.10. The van der Waals surface area contributed by atoms with E-state index in [2.05, 4.69) is 21.8 Å². The SMILES string of the molecule is CC1CC1n1cncc1C(C)(C)NC(=O)OC(C)(C)C. The molecule has 1 N–H and O–H groups in total. The van der Waals surface area contributed by atoms with Gasteiger partial charge in [-0.05, 0) is 47.0 Å². The Hall–Kier alpha value is -1.52. The van der Waals surface area contributed by atoms with Gasteiger partial charge in [0.25, 0.3) is 0 Å². The fourth-order valence-electron chi connectivity index (χ4n) is 2.37. The average molecular weight is 279 g/mol. The van der Waals surface area contributed by atoms with Crippen LogP contribution in [0.5, 0.6) is 0 Å². The number of imidazole rings is 1. The fraction of sp³-hybridized carbons (Fsp3) is 0.733. The van der Waals surface area contributed by atoms with Crippen LogP contribution in [0.25, 0.3) is 0 Å². The van der Waals surface area contributed by atoms with E-state index in [0.717, 1.165) is 5.69 Å². The maximum absolute atomic E-state index is 12.0. The summed E-state index contributed by atoms with van der Waals surface area (Å²) in [4.78, 5) is 16.2. The van der Waals surface area contributed by atoms with Gasteiger partial charge >= 0.3 is 6.09 Å². The Bertz CT molecular complexity index is 499. The largest absolute Gasteiger partial charge is 0.444 e. The van der Waals surface area contributed by atoms with Gasteiger partial charge < -0.3 is 14.6 Å². The van der Waals surface area contributed by atoms with E-state index in [0.29, 0.717) is 12.0 Å². The first kappa shape index (κ1) is 14.9. The standard InChI is InChI=1S/C15H25N3O2/c1-10-7-11(10)18-9-16-8-12(18)15(5,6)17-13(19)20-14(2,3)4/h8-11H,7H2,1-6H3,(H,17,19). The van der Waals surface area contributed by atoms with Gasteiger partial charge in [0.2, 0.25) is 0 Å². The van der Waals surface area contributed by atoms with Crippen LogP contribution < -0.4 is 5.32 Å². The second-order valence-corrected chi connectivity index (χ2v) is 7.22. The quantitative estimate of drug-likeness (QED) is 0.924. The highest BCUT2D eigenvalue weighted by molar-refractivity contribution is 5.68. The highest BCUT2D eigenvalue weighted by Crippen LogP contribution is 2.44. The Labute approximate surface area is 120 Å². The lowest BCUT2D eigenvalue weighted by molar-refractivity contribution is 0.0466. The molecule has 1 aromatic rings. The number of aromatic nitrogens is 2. The molecule has 2 rings (SSSR count). The number of rotatable bonds is 3. The number of hydrogen-bond donors (Lipinski definition) is 1. The molecule has 5 heteroatoms. The van der Waals surface area contributed by atoms with Crippen molar-refractivity contribution in [3.05, 3.63) is 18.2 Å². The summed E-state index contributed by atoms with van der Waals surface area (Å²) in [7, 11) is 0. The Balaban J connectivity index is 2.10. The molecular formula is C15H25N3O2. The summed E-state index contributed by atoms with van der Waals surface area (Å²) >= 11 is 0. The zero-order valence-electron chi connectivity index (χ0n) is 13.2. The lowest BCUT2D eigenvalue weighted by atomic mass is 10.0. The Kier molecular flexibility index (Phi) is 3.56. The van der Waals surface area contributed by atoms with Crippen LogP contribution >= 0.6 is 0 Å². The number of nitrogens with zero attached hydrogens (tertiary/aromatic N) is 2. The number of alkyl carbamates (subject to hydrolysis) is 1. The molecule has 0 spiro atoms. The second kappa shape index (κ2) is 4.79. The van der Waals surface area contributed by atoms with Crippen molar-refractivity contribution in [2.45, 2.75) is 65.1 Å². The molecule has 0 radical (unpaired) electrons. The van der Waals surface area contributed by atoms with Crippen LogP contribution in [0.4, 0.5) is 4.79 Å². The molecule has 1 saturated carbocycles. The molecule has 0 saturated heterocycles. The number of carbonyl (C=O) groups excluding carboxylic acids is 1. The van der Waals surface area contributed by atoms with Crippen LogP contribution in [0.15, 0.2) is 12.5 Å². The number of ether oxygens (including phenoxy) is 1. The monoisotopic (exact) mass is 279 g/mol. The molecule has 112 valence electrons. The van der Waals surface area contributed by atoms with E-state index in [1.807, 2.05) is 47.1 Å². The van der Waals surface area contributed by atoms with E-state index in [1.165, 1.54) is 6.42 Å². The smallest absolute Gasteiger partial charge is 0.408 e. The van der Waals surface area contributed by atoms with Gasteiger partial charge in [0.15, 0.2) is 0 Å². The van der Waals surface area contributed by atoms with Gasteiger partial charge in [-0.1, -0.05) is 6.92 Å². The molecule has 0 aromatic carbocycles. The Morgan fingerprint density at radius 2 is 2.00 bits per heavy atom. The van der Waals surface area contributed by atoms with E-state index in [1.54, 1.807) is 0 Å². The van der Waals surface area contributed by atoms with Crippen LogP contribution in [-0.2, 0) is 10.3 Å². The van der Waals surface area contributed by atoms with Crippen molar-refractivity contribution in [3.63, 3.8) is 0 Å². The molecule has 0 bridgehead atoms. The number of amides is 1. The molecule has 1 aromatic heterocycles. The van der Waals surface area contributed by atoms with Crippen molar-refractivity contribution in [2.75, 3.05) is 0 Å². The molecular weight excluding hydrogens is 254 g/mol. The minimum atomic E-state index is -0.513. The summed E-state index contributed by atoms with van der Waals surface area (Å²) in [6.07, 6.45) is 4.44. The summed E-state index contributed by atoms with van der Waals surface area (Å²) in [6, 6.07) is 0.507. The van der Waals surface area contributed by atoms with Crippen LogP contribution in [0.1, 0.15) is 59.7 Å². The summed E-state index contributed by atoms with van der Waals surface area (Å²) in [5.41, 5.74) is 0.00438. The summed E-state index contributed by atoms with van der Waals surface area (Å²) in [5, 5.41) is 2.93. The van der Waals surface area contributed by atoms with Gasteiger partial charge in [0.05, 0.1) is 23.8 Å². The van der Waals surface area contributed by atoms with Gasteiger partial charge in [0, 0.05) is 6.04 Å². The molecule has 1 aliphatic carbocycles. The van der Waals surface area contributed by atoms with Gasteiger partial charge in [-0.15, -0.1) is 0 Å². The molecule has 2 unspecified atom stereocenters. The van der Waals surface area contributed by atoms with Gasteiger partial charge in [0.1, 0.15) is 5.60 Å². The maximum atomic E-state index is 12.0. The first-order valence-electron chi connectivity index (χ1n) is 7.13. The second-order valence-electron chi connectivity index (χ2n) is 7.22. The zero-order valence-corrected chi connectivity index (χ0v) is 13.2. The van der Waals surface area contributed by atoms with E-state index in [4.69, 9.17) is 4.74 Å². The molecule has 0 aliphatic heterocycles. The van der Waals surface area contributed by atoms with Crippen molar-refractivity contribution in [2.24, 2.45) is 5.92 Å². The van der Waals surface area contributed by atoms with Crippen LogP contribution in [-0.4, -0.2) is 21.2 Å². The van der Waals surface area contributed by atoms with Gasteiger partial charge in [-0.2, -0.15) is 0 Å². The normalized spacial score (nSPS) is 22.5. The van der Waals surface area contributed by atoms with E-state index < -0.39 is 17.2 Å². The van der Waals surface area contributed by atoms with E-state index in [-0.39, 0.29) is 0 Å². The minimum Gasteiger partial charge on any atom is -0.444 e. The topological polar surface area (TPSA) is 56.2 Å². The lowest BCUT2D eigenvalue weighted by Gasteiger charge is -2.29. The van der Waals surface area contributed by atoms with Crippen molar-refractivity contribution >= 4 is 6.09 Å². The Morgan fingerprint density at radius 3 is 2.50 bits per heavy atom. The van der Waals surface area contributed by atoms with Crippen LogP contribution in [0, 0.1) is 5.92 Å². The number of hydrogen-bond acceptors (Lipinski definition) is 3. The van der Waals surface area contributed by atoms with Gasteiger partial charge in [-0.25, -0.2) is 9.78 Å². The lowest BCUT2D eigenvalue weighted by Crippen LogP contribution is -2.44. The molecule has 1 aliphatic rings. The third-order valence-electron chi connectivity index (χ3n) is 3.54. The predicted molar refractivity (Wildman–Crippen MR) is 77.4 cm³/mol. The first-order valence-corrected chi connectivity index (χ1v) is 7.13.